The summed E-state index contributed by atoms with van der Waals surface area (Å²) in [6.07, 6.45) is 0.298. The van der Waals surface area contributed by atoms with Crippen LogP contribution in [0.1, 0.15) is 27.2 Å². The van der Waals surface area contributed by atoms with Crippen molar-refractivity contribution >= 4 is 0 Å². The van der Waals surface area contributed by atoms with Crippen LogP contribution in [0.4, 0.5) is 0 Å². The lowest BCUT2D eigenvalue weighted by molar-refractivity contribution is -0.0241. The fourth-order valence-corrected chi connectivity index (χ4v) is 1.71. The molecule has 0 heterocycles. The van der Waals surface area contributed by atoms with Crippen LogP contribution in [-0.4, -0.2) is 75.8 Å². The lowest BCUT2D eigenvalue weighted by atomic mass is 9.89. The van der Waals surface area contributed by atoms with Gasteiger partial charge in [-0.25, -0.2) is 0 Å². The van der Waals surface area contributed by atoms with E-state index < -0.39 is 6.10 Å². The molecule has 0 aliphatic heterocycles. The molecule has 0 fully saturated rings. The summed E-state index contributed by atoms with van der Waals surface area (Å²) in [4.78, 5) is 0. The van der Waals surface area contributed by atoms with E-state index in [0.717, 1.165) is 6.42 Å². The largest absolute Gasteiger partial charge is 0.394 e. The summed E-state index contributed by atoms with van der Waals surface area (Å²) in [6, 6.07) is 0. The van der Waals surface area contributed by atoms with E-state index in [1.165, 1.54) is 0 Å². The molecule has 1 atom stereocenters. The molecule has 0 aliphatic rings. The maximum atomic E-state index is 9.73. The highest BCUT2D eigenvalue weighted by Gasteiger charge is 2.16. The first-order valence-electron chi connectivity index (χ1n) is 7.55. The van der Waals surface area contributed by atoms with E-state index in [4.69, 9.17) is 24.1 Å². The van der Waals surface area contributed by atoms with Crippen LogP contribution in [0, 0.1) is 5.41 Å². The van der Waals surface area contributed by atoms with Crippen molar-refractivity contribution < 1.29 is 29.2 Å². The lowest BCUT2D eigenvalue weighted by Crippen LogP contribution is -2.23. The van der Waals surface area contributed by atoms with Crippen LogP contribution >= 0.6 is 0 Å². The smallest absolute Gasteiger partial charge is 0.0778 e. The average Bonchev–Trinajstić information content (AvgIpc) is 2.38. The second-order valence-electron chi connectivity index (χ2n) is 6.05. The molecule has 0 aliphatic carbocycles. The van der Waals surface area contributed by atoms with Gasteiger partial charge in [-0.05, 0) is 11.8 Å². The van der Waals surface area contributed by atoms with Gasteiger partial charge in [-0.2, -0.15) is 0 Å². The highest BCUT2D eigenvalue weighted by Crippen LogP contribution is 2.20. The van der Waals surface area contributed by atoms with Gasteiger partial charge in [0.2, 0.25) is 0 Å². The van der Waals surface area contributed by atoms with Crippen molar-refractivity contribution in [2.75, 3.05) is 59.5 Å². The van der Waals surface area contributed by atoms with Crippen LogP contribution < -0.4 is 0 Å². The second kappa shape index (κ2) is 13.4. The lowest BCUT2D eigenvalue weighted by Gasteiger charge is -2.22. The number of hydrogen-bond donors (Lipinski definition) is 2. The first-order chi connectivity index (χ1) is 9.95. The summed E-state index contributed by atoms with van der Waals surface area (Å²) in [5.74, 6) is 0. The monoisotopic (exact) mass is 308 g/mol. The average molecular weight is 308 g/mol. The molecule has 6 heteroatoms. The maximum Gasteiger partial charge on any atom is 0.0778 e. The van der Waals surface area contributed by atoms with Gasteiger partial charge in [-0.3, -0.25) is 0 Å². The molecule has 1 unspecified atom stereocenters. The molecular formula is C15H32O6. The Kier molecular flexibility index (Phi) is 13.3. The first kappa shape index (κ1) is 20.8. The van der Waals surface area contributed by atoms with Crippen LogP contribution in [0.15, 0.2) is 0 Å². The zero-order valence-electron chi connectivity index (χ0n) is 13.7. The zero-order valence-corrected chi connectivity index (χ0v) is 13.7. The topological polar surface area (TPSA) is 77.4 Å². The predicted molar refractivity (Wildman–Crippen MR) is 80.4 cm³/mol. The van der Waals surface area contributed by atoms with Crippen molar-refractivity contribution in [3.8, 4) is 0 Å². The molecular weight excluding hydrogens is 276 g/mol. The van der Waals surface area contributed by atoms with Crippen LogP contribution in [0.5, 0.6) is 0 Å². The highest BCUT2D eigenvalue weighted by atomic mass is 16.6. The number of hydrogen-bond acceptors (Lipinski definition) is 6. The van der Waals surface area contributed by atoms with Crippen LogP contribution in [-0.2, 0) is 18.9 Å². The van der Waals surface area contributed by atoms with Crippen molar-refractivity contribution in [2.45, 2.75) is 33.3 Å². The normalized spacial score (nSPS) is 13.6. The van der Waals surface area contributed by atoms with Crippen molar-refractivity contribution in [3.63, 3.8) is 0 Å². The van der Waals surface area contributed by atoms with Crippen LogP contribution in [0.3, 0.4) is 0 Å². The Morgan fingerprint density at radius 3 is 1.62 bits per heavy atom. The molecule has 0 bridgehead atoms. The van der Waals surface area contributed by atoms with Gasteiger partial charge in [-0.15, -0.1) is 0 Å². The molecule has 0 saturated carbocycles. The molecule has 2 N–H and O–H groups in total. The minimum absolute atomic E-state index is 0.0353. The second-order valence-corrected chi connectivity index (χ2v) is 6.05. The molecule has 0 saturated heterocycles. The van der Waals surface area contributed by atoms with E-state index in [1.54, 1.807) is 0 Å². The van der Waals surface area contributed by atoms with Crippen molar-refractivity contribution in [1.82, 2.24) is 0 Å². The molecule has 21 heavy (non-hydrogen) atoms. The van der Waals surface area contributed by atoms with E-state index in [2.05, 4.69) is 20.8 Å². The van der Waals surface area contributed by atoms with E-state index in [9.17, 15) is 5.11 Å². The molecule has 0 rings (SSSR count). The minimum atomic E-state index is -0.424. The van der Waals surface area contributed by atoms with Gasteiger partial charge in [-0.1, -0.05) is 20.8 Å². The quantitative estimate of drug-likeness (QED) is 0.463. The third-order valence-corrected chi connectivity index (χ3v) is 2.51. The molecule has 0 amide bonds. The van der Waals surface area contributed by atoms with Crippen LogP contribution in [0.2, 0.25) is 0 Å². The summed E-state index contributed by atoms with van der Waals surface area (Å²) in [6.45, 7) is 9.96. The van der Waals surface area contributed by atoms with Gasteiger partial charge in [0.15, 0.2) is 0 Å². The Morgan fingerprint density at radius 1 is 0.762 bits per heavy atom. The molecule has 0 radical (unpaired) electrons. The molecule has 0 spiro atoms. The highest BCUT2D eigenvalue weighted by molar-refractivity contribution is 4.67. The van der Waals surface area contributed by atoms with Gasteiger partial charge in [0, 0.05) is 0 Å². The number of ether oxygens (including phenoxy) is 4. The number of rotatable bonds is 14. The van der Waals surface area contributed by atoms with Crippen LogP contribution in [0.25, 0.3) is 0 Å². The molecule has 0 aromatic rings. The number of aliphatic hydroxyl groups excluding tert-OH is 2. The number of aliphatic hydroxyl groups is 2. The summed E-state index contributed by atoms with van der Waals surface area (Å²) in [5, 5.41) is 18.2. The maximum absolute atomic E-state index is 9.73. The van der Waals surface area contributed by atoms with Crippen molar-refractivity contribution in [2.24, 2.45) is 5.41 Å². The fourth-order valence-electron chi connectivity index (χ4n) is 1.71. The minimum Gasteiger partial charge on any atom is -0.394 e. The summed E-state index contributed by atoms with van der Waals surface area (Å²) >= 11 is 0. The third-order valence-electron chi connectivity index (χ3n) is 2.51. The van der Waals surface area contributed by atoms with E-state index in [0.29, 0.717) is 52.9 Å². The Morgan fingerprint density at radius 2 is 1.19 bits per heavy atom. The predicted octanol–water partition coefficient (Wildman–Crippen LogP) is 0.842. The van der Waals surface area contributed by atoms with Gasteiger partial charge in [0.25, 0.3) is 0 Å². The fraction of sp³-hybridized carbons (Fsp3) is 1.00. The third kappa shape index (κ3) is 17.7. The first-order valence-corrected chi connectivity index (χ1v) is 7.55. The molecule has 6 nitrogen and oxygen atoms in total. The van der Waals surface area contributed by atoms with Gasteiger partial charge in [0.05, 0.1) is 65.6 Å². The van der Waals surface area contributed by atoms with E-state index in [-0.39, 0.29) is 12.0 Å². The summed E-state index contributed by atoms with van der Waals surface area (Å²) < 4.78 is 21.0. The molecule has 0 aromatic heterocycles. The Hall–Kier alpha value is -0.240. The molecule has 128 valence electrons. The van der Waals surface area contributed by atoms with E-state index >= 15 is 0 Å². The van der Waals surface area contributed by atoms with Gasteiger partial charge >= 0.3 is 0 Å². The SMILES string of the molecule is CC(C)(C)CC(O)COCCOCCOCCOCCO. The zero-order chi connectivity index (χ0) is 16.0. The van der Waals surface area contributed by atoms with Crippen molar-refractivity contribution in [1.29, 1.82) is 0 Å². The Bertz CT molecular complexity index is 217. The standard InChI is InChI=1S/C15H32O6/c1-15(2,3)12-14(17)13-21-11-10-20-9-8-19-7-6-18-5-4-16/h14,16-17H,4-13H2,1-3H3. The Balaban J connectivity index is 3.15. The van der Waals surface area contributed by atoms with E-state index in [1.807, 2.05) is 0 Å². The molecule has 0 aromatic carbocycles. The summed E-state index contributed by atoms with van der Waals surface area (Å²) in [5.41, 5.74) is 0.109. The van der Waals surface area contributed by atoms with Gasteiger partial charge in [0.1, 0.15) is 0 Å². The van der Waals surface area contributed by atoms with Crippen molar-refractivity contribution in [3.05, 3.63) is 0 Å². The Labute approximate surface area is 128 Å². The summed E-state index contributed by atoms with van der Waals surface area (Å²) in [7, 11) is 0. The van der Waals surface area contributed by atoms with Gasteiger partial charge < -0.3 is 29.2 Å².